The highest BCUT2D eigenvalue weighted by molar-refractivity contribution is 7.99. The predicted molar refractivity (Wildman–Crippen MR) is 114 cm³/mol. The monoisotopic (exact) mass is 421 g/mol. The fourth-order valence-electron chi connectivity index (χ4n) is 3.58. The highest BCUT2D eigenvalue weighted by Crippen LogP contribution is 2.40. The summed E-state index contributed by atoms with van der Waals surface area (Å²) in [5.74, 6) is 0.821. The van der Waals surface area contributed by atoms with Crippen molar-refractivity contribution in [2.24, 2.45) is 0 Å². The van der Waals surface area contributed by atoms with Gasteiger partial charge < -0.3 is 9.80 Å². The van der Waals surface area contributed by atoms with Crippen molar-refractivity contribution in [2.45, 2.75) is 31.7 Å². The van der Waals surface area contributed by atoms with E-state index in [0.29, 0.717) is 18.1 Å². The maximum absolute atomic E-state index is 13.6. The highest BCUT2D eigenvalue weighted by Gasteiger charge is 2.33. The van der Waals surface area contributed by atoms with Crippen molar-refractivity contribution < 1.29 is 14.1 Å². The van der Waals surface area contributed by atoms with Gasteiger partial charge in [-0.3, -0.25) is 4.79 Å². The van der Waals surface area contributed by atoms with Crippen LogP contribution in [-0.4, -0.2) is 36.2 Å². The Morgan fingerprint density at radius 1 is 1.29 bits per heavy atom. The van der Waals surface area contributed by atoms with Crippen LogP contribution in [0.3, 0.4) is 0 Å². The second-order valence-electron chi connectivity index (χ2n) is 7.17. The average Bonchev–Trinajstić information content (AvgIpc) is 3.16. The third-order valence-electron chi connectivity index (χ3n) is 5.01. The largest absolute Gasteiger partial charge is 0.323 e. The lowest BCUT2D eigenvalue weighted by molar-refractivity contribution is -0.906. The minimum absolute atomic E-state index is 0.0252. The van der Waals surface area contributed by atoms with Crippen LogP contribution in [0.25, 0.3) is 0 Å². The number of rotatable bonds is 8. The number of nitrogens with zero attached hydrogens (tertiary/aromatic N) is 1. The predicted octanol–water partition coefficient (Wildman–Crippen LogP) is 3.94. The zero-order valence-electron chi connectivity index (χ0n) is 16.2. The molecule has 1 fully saturated rings. The number of halogens is 2. The molecule has 0 radical (unpaired) electrons. The van der Waals surface area contributed by atoms with Crippen LogP contribution in [0.15, 0.2) is 48.5 Å². The Morgan fingerprint density at radius 3 is 2.86 bits per heavy atom. The Hall–Kier alpha value is -1.56. The first-order chi connectivity index (χ1) is 13.6. The number of quaternary nitrogens is 1. The van der Waals surface area contributed by atoms with Crippen molar-refractivity contribution in [2.75, 3.05) is 25.4 Å². The van der Waals surface area contributed by atoms with Crippen molar-refractivity contribution >= 4 is 29.3 Å². The first kappa shape index (κ1) is 21.2. The third-order valence-corrected chi connectivity index (χ3v) is 6.60. The molecule has 1 aliphatic rings. The van der Waals surface area contributed by atoms with Gasteiger partial charge in [-0.25, -0.2) is 4.39 Å². The molecule has 2 aromatic carbocycles. The van der Waals surface area contributed by atoms with E-state index in [1.54, 1.807) is 23.9 Å². The SMILES string of the molecule is CCCC[NH+](CC(=O)N1CCS[C@@H]1c1ccccc1Cl)Cc1cccc(F)c1. The lowest BCUT2D eigenvalue weighted by Crippen LogP contribution is -3.12. The van der Waals surface area contributed by atoms with E-state index in [9.17, 15) is 9.18 Å². The molecule has 1 saturated heterocycles. The summed E-state index contributed by atoms with van der Waals surface area (Å²) in [6, 6.07) is 14.4. The number of hydrogen-bond acceptors (Lipinski definition) is 2. The molecule has 3 nitrogen and oxygen atoms in total. The zero-order valence-corrected chi connectivity index (χ0v) is 17.7. The van der Waals surface area contributed by atoms with Crippen molar-refractivity contribution in [3.8, 4) is 0 Å². The second-order valence-corrected chi connectivity index (χ2v) is 8.76. The fourth-order valence-corrected chi connectivity index (χ4v) is 5.19. The first-order valence-corrected chi connectivity index (χ1v) is 11.2. The molecule has 28 heavy (non-hydrogen) atoms. The van der Waals surface area contributed by atoms with Gasteiger partial charge in [0.05, 0.1) is 6.54 Å². The van der Waals surface area contributed by atoms with E-state index in [1.165, 1.54) is 11.0 Å². The van der Waals surface area contributed by atoms with Crippen LogP contribution in [0.4, 0.5) is 4.39 Å². The molecule has 6 heteroatoms. The van der Waals surface area contributed by atoms with E-state index in [0.717, 1.165) is 42.8 Å². The molecule has 1 unspecified atom stereocenters. The lowest BCUT2D eigenvalue weighted by Gasteiger charge is -2.27. The van der Waals surface area contributed by atoms with Crippen LogP contribution in [0.5, 0.6) is 0 Å². The normalized spacial score (nSPS) is 17.7. The molecule has 1 N–H and O–H groups in total. The van der Waals surface area contributed by atoms with Crippen LogP contribution < -0.4 is 4.90 Å². The summed E-state index contributed by atoms with van der Waals surface area (Å²) in [5, 5.41) is 0.678. The Balaban J connectivity index is 1.70. The highest BCUT2D eigenvalue weighted by atomic mass is 35.5. The number of unbranched alkanes of at least 4 members (excludes halogenated alkanes) is 1. The molecule has 1 heterocycles. The maximum Gasteiger partial charge on any atom is 0.278 e. The summed E-state index contributed by atoms with van der Waals surface area (Å²) in [4.78, 5) is 16.3. The Kier molecular flexibility index (Phi) is 7.77. The average molecular weight is 422 g/mol. The van der Waals surface area contributed by atoms with Gasteiger partial charge in [0.25, 0.3) is 5.91 Å². The topological polar surface area (TPSA) is 24.8 Å². The quantitative estimate of drug-likeness (QED) is 0.698. The first-order valence-electron chi connectivity index (χ1n) is 9.82. The summed E-state index contributed by atoms with van der Waals surface area (Å²) < 4.78 is 13.6. The van der Waals surface area contributed by atoms with Gasteiger partial charge in [-0.15, -0.1) is 11.8 Å². The summed E-state index contributed by atoms with van der Waals surface area (Å²) in [7, 11) is 0. The molecular weight excluding hydrogens is 395 g/mol. The maximum atomic E-state index is 13.6. The molecule has 0 saturated carbocycles. The standard InChI is InChI=1S/C22H26ClFN2OS/c1-2-3-11-25(15-17-7-6-8-18(24)14-17)16-21(27)26-12-13-28-22(26)19-9-4-5-10-20(19)23/h4-10,14,22H,2-3,11-13,15-16H2,1H3/p+1/t22-/m1/s1. The van der Waals surface area contributed by atoms with Crippen LogP contribution in [0.2, 0.25) is 5.02 Å². The van der Waals surface area contributed by atoms with Gasteiger partial charge in [-0.1, -0.05) is 55.3 Å². The molecular formula is C22H27ClFN2OS+. The number of carbonyl (C=O) groups is 1. The molecule has 1 amide bonds. The van der Waals surface area contributed by atoms with Crippen LogP contribution >= 0.6 is 23.4 Å². The summed E-state index contributed by atoms with van der Waals surface area (Å²) in [6.45, 7) is 4.85. The molecule has 3 rings (SSSR count). The summed E-state index contributed by atoms with van der Waals surface area (Å²) in [6.07, 6.45) is 2.11. The molecule has 150 valence electrons. The molecule has 1 aliphatic heterocycles. The number of benzene rings is 2. The van der Waals surface area contributed by atoms with E-state index in [1.807, 2.05) is 35.2 Å². The van der Waals surface area contributed by atoms with Crippen LogP contribution in [0.1, 0.15) is 36.3 Å². The number of amides is 1. The third kappa shape index (κ3) is 5.49. The van der Waals surface area contributed by atoms with Crippen molar-refractivity contribution in [1.29, 1.82) is 0 Å². The Bertz CT molecular complexity index is 804. The molecule has 2 atom stereocenters. The van der Waals surface area contributed by atoms with Crippen molar-refractivity contribution in [3.63, 3.8) is 0 Å². The molecule has 2 aromatic rings. The Morgan fingerprint density at radius 2 is 2.11 bits per heavy atom. The number of thioether (sulfide) groups is 1. The van der Waals surface area contributed by atoms with Gasteiger partial charge >= 0.3 is 0 Å². The summed E-state index contributed by atoms with van der Waals surface area (Å²) >= 11 is 8.14. The number of nitrogens with one attached hydrogen (secondary N) is 1. The van der Waals surface area contributed by atoms with Crippen molar-refractivity contribution in [1.82, 2.24) is 4.90 Å². The second kappa shape index (κ2) is 10.3. The van der Waals surface area contributed by atoms with E-state index in [4.69, 9.17) is 11.6 Å². The Labute approximate surface area is 175 Å². The fraction of sp³-hybridized carbons (Fsp3) is 0.409. The van der Waals surface area contributed by atoms with Gasteiger partial charge in [0, 0.05) is 28.4 Å². The van der Waals surface area contributed by atoms with Gasteiger partial charge in [0.2, 0.25) is 0 Å². The number of hydrogen-bond donors (Lipinski definition) is 1. The van der Waals surface area contributed by atoms with Gasteiger partial charge in [-0.05, 0) is 24.6 Å². The lowest BCUT2D eigenvalue weighted by atomic mass is 10.2. The zero-order chi connectivity index (χ0) is 19.9. The van der Waals surface area contributed by atoms with Gasteiger partial charge in [0.15, 0.2) is 6.54 Å². The van der Waals surface area contributed by atoms with E-state index in [2.05, 4.69) is 6.92 Å². The summed E-state index contributed by atoms with van der Waals surface area (Å²) in [5.41, 5.74) is 1.93. The molecule has 0 bridgehead atoms. The van der Waals surface area contributed by atoms with Crippen LogP contribution in [0, 0.1) is 5.82 Å². The van der Waals surface area contributed by atoms with E-state index in [-0.39, 0.29) is 17.1 Å². The van der Waals surface area contributed by atoms with E-state index >= 15 is 0 Å². The van der Waals surface area contributed by atoms with E-state index < -0.39 is 0 Å². The minimum Gasteiger partial charge on any atom is -0.323 e. The molecule has 0 spiro atoms. The van der Waals surface area contributed by atoms with Crippen molar-refractivity contribution in [3.05, 3.63) is 70.5 Å². The van der Waals surface area contributed by atoms with Gasteiger partial charge in [-0.2, -0.15) is 0 Å². The van der Waals surface area contributed by atoms with Crippen LogP contribution in [-0.2, 0) is 11.3 Å². The molecule has 0 aromatic heterocycles. The van der Waals surface area contributed by atoms with Gasteiger partial charge in [0.1, 0.15) is 17.7 Å². The number of carbonyl (C=O) groups excluding carboxylic acids is 1. The smallest absolute Gasteiger partial charge is 0.278 e. The minimum atomic E-state index is -0.228. The molecule has 0 aliphatic carbocycles.